The van der Waals surface area contributed by atoms with Crippen LogP contribution in [0.2, 0.25) is 0 Å². The van der Waals surface area contributed by atoms with Gasteiger partial charge in [0, 0.05) is 0 Å². The van der Waals surface area contributed by atoms with Gasteiger partial charge in [-0.05, 0) is 34.6 Å². The van der Waals surface area contributed by atoms with Crippen molar-refractivity contribution < 1.29 is 9.63 Å². The first-order valence-electron chi connectivity index (χ1n) is 6.57. The summed E-state index contributed by atoms with van der Waals surface area (Å²) < 4.78 is 0. The van der Waals surface area contributed by atoms with Gasteiger partial charge >= 0.3 is 5.97 Å². The number of nitrogens with two attached hydrogens (primary N) is 1. The molecule has 0 aliphatic carbocycles. The maximum absolute atomic E-state index is 11.9. The van der Waals surface area contributed by atoms with E-state index < -0.39 is 5.97 Å². The Kier molecular flexibility index (Phi) is 4.43. The van der Waals surface area contributed by atoms with E-state index in [1.807, 2.05) is 29.6 Å². The van der Waals surface area contributed by atoms with Crippen molar-refractivity contribution in [1.29, 1.82) is 0 Å². The van der Waals surface area contributed by atoms with E-state index in [0.717, 1.165) is 10.4 Å². The molecule has 2 N–H and O–H groups in total. The summed E-state index contributed by atoms with van der Waals surface area (Å²) in [5, 5.41) is 5.55. The molecule has 0 amide bonds. The van der Waals surface area contributed by atoms with Crippen LogP contribution in [0, 0.1) is 0 Å². The molecule has 0 aliphatic rings. The van der Waals surface area contributed by atoms with Crippen LogP contribution in [0.25, 0.3) is 0 Å². The summed E-state index contributed by atoms with van der Waals surface area (Å²) in [6, 6.07) is 11.0. The standard InChI is InChI=1S/C16H18N2O2S/c1-16(2,3)12-8-6-11(7-9-12)15(19)20-18-14(17)13-5-4-10-21-13/h4-10H,1-3H3,(H2,17,18). The Morgan fingerprint density at radius 3 is 2.38 bits per heavy atom. The zero-order valence-corrected chi connectivity index (χ0v) is 13.1. The van der Waals surface area contributed by atoms with Gasteiger partial charge in [0.2, 0.25) is 0 Å². The first kappa shape index (κ1) is 15.3. The van der Waals surface area contributed by atoms with Crippen molar-refractivity contribution >= 4 is 23.1 Å². The second-order valence-electron chi connectivity index (χ2n) is 5.66. The van der Waals surface area contributed by atoms with Crippen LogP contribution in [0.1, 0.15) is 41.6 Å². The van der Waals surface area contributed by atoms with Crippen LogP contribution in [0.4, 0.5) is 0 Å². The van der Waals surface area contributed by atoms with Crippen molar-refractivity contribution in [2.75, 3.05) is 0 Å². The van der Waals surface area contributed by atoms with Gasteiger partial charge in [-0.25, -0.2) is 4.79 Å². The normalized spacial score (nSPS) is 12.2. The molecular formula is C16H18N2O2S. The van der Waals surface area contributed by atoms with E-state index in [1.54, 1.807) is 12.1 Å². The Labute approximate surface area is 128 Å². The Balaban J connectivity index is 2.06. The number of hydrogen-bond acceptors (Lipinski definition) is 4. The van der Waals surface area contributed by atoms with Gasteiger partial charge in [0.25, 0.3) is 0 Å². The number of thiophene rings is 1. The summed E-state index contributed by atoms with van der Waals surface area (Å²) >= 11 is 1.44. The van der Waals surface area contributed by atoms with E-state index in [2.05, 4.69) is 25.9 Å². The van der Waals surface area contributed by atoms with Crippen molar-refractivity contribution in [2.24, 2.45) is 10.9 Å². The zero-order chi connectivity index (χ0) is 15.5. The third kappa shape index (κ3) is 3.92. The minimum Gasteiger partial charge on any atom is -0.380 e. The molecule has 5 heteroatoms. The molecule has 0 saturated heterocycles. The molecule has 4 nitrogen and oxygen atoms in total. The third-order valence-electron chi connectivity index (χ3n) is 2.99. The zero-order valence-electron chi connectivity index (χ0n) is 12.3. The van der Waals surface area contributed by atoms with Gasteiger partial charge in [0.15, 0.2) is 5.84 Å². The van der Waals surface area contributed by atoms with Crippen LogP contribution in [0.3, 0.4) is 0 Å². The number of benzene rings is 1. The fourth-order valence-corrected chi connectivity index (χ4v) is 2.34. The number of carbonyl (C=O) groups is 1. The lowest BCUT2D eigenvalue weighted by Crippen LogP contribution is -2.14. The maximum Gasteiger partial charge on any atom is 0.365 e. The number of carbonyl (C=O) groups excluding carboxylic acids is 1. The molecule has 2 aromatic rings. The smallest absolute Gasteiger partial charge is 0.365 e. The lowest BCUT2D eigenvalue weighted by molar-refractivity contribution is 0.0516. The molecule has 0 saturated carbocycles. The van der Waals surface area contributed by atoms with Crippen molar-refractivity contribution in [3.8, 4) is 0 Å². The highest BCUT2D eigenvalue weighted by Crippen LogP contribution is 2.22. The van der Waals surface area contributed by atoms with E-state index in [1.165, 1.54) is 11.3 Å². The molecule has 1 aromatic heterocycles. The van der Waals surface area contributed by atoms with Crippen LogP contribution in [-0.4, -0.2) is 11.8 Å². The van der Waals surface area contributed by atoms with Gasteiger partial charge in [0.05, 0.1) is 10.4 Å². The summed E-state index contributed by atoms with van der Waals surface area (Å²) in [5.74, 6) is -0.320. The Bertz CT molecular complexity index is 638. The van der Waals surface area contributed by atoms with Gasteiger partial charge in [-0.15, -0.1) is 11.3 Å². The van der Waals surface area contributed by atoms with Crippen molar-refractivity contribution in [2.45, 2.75) is 26.2 Å². The molecule has 2 rings (SSSR count). The van der Waals surface area contributed by atoms with Crippen LogP contribution in [0.5, 0.6) is 0 Å². The molecule has 0 fully saturated rings. The maximum atomic E-state index is 11.9. The molecule has 110 valence electrons. The molecule has 0 spiro atoms. The Hall–Kier alpha value is -2.14. The van der Waals surface area contributed by atoms with Gasteiger partial charge in [-0.3, -0.25) is 0 Å². The second kappa shape index (κ2) is 6.10. The Morgan fingerprint density at radius 2 is 1.86 bits per heavy atom. The molecule has 0 atom stereocenters. The van der Waals surface area contributed by atoms with Crippen molar-refractivity contribution in [1.82, 2.24) is 0 Å². The van der Waals surface area contributed by atoms with E-state index in [0.29, 0.717) is 5.56 Å². The molecule has 21 heavy (non-hydrogen) atoms. The number of hydrogen-bond donors (Lipinski definition) is 1. The predicted molar refractivity (Wildman–Crippen MR) is 85.6 cm³/mol. The van der Waals surface area contributed by atoms with Crippen LogP contribution >= 0.6 is 11.3 Å². The lowest BCUT2D eigenvalue weighted by atomic mass is 9.87. The highest BCUT2D eigenvalue weighted by atomic mass is 32.1. The van der Waals surface area contributed by atoms with Crippen molar-refractivity contribution in [3.63, 3.8) is 0 Å². The fraction of sp³-hybridized carbons (Fsp3) is 0.250. The van der Waals surface area contributed by atoms with Crippen LogP contribution in [0.15, 0.2) is 46.9 Å². The molecule has 0 bridgehead atoms. The monoisotopic (exact) mass is 302 g/mol. The highest BCUT2D eigenvalue weighted by Gasteiger charge is 2.15. The topological polar surface area (TPSA) is 64.7 Å². The van der Waals surface area contributed by atoms with Gasteiger partial charge in [-0.2, -0.15) is 0 Å². The molecule has 0 radical (unpaired) electrons. The molecule has 0 aliphatic heterocycles. The van der Waals surface area contributed by atoms with E-state index >= 15 is 0 Å². The van der Waals surface area contributed by atoms with Gasteiger partial charge < -0.3 is 10.6 Å². The van der Waals surface area contributed by atoms with E-state index in [-0.39, 0.29) is 11.3 Å². The summed E-state index contributed by atoms with van der Waals surface area (Å²) in [7, 11) is 0. The average molecular weight is 302 g/mol. The fourth-order valence-electron chi connectivity index (χ4n) is 1.72. The average Bonchev–Trinajstić information content (AvgIpc) is 2.98. The minimum atomic E-state index is -0.519. The lowest BCUT2D eigenvalue weighted by Gasteiger charge is -2.18. The summed E-state index contributed by atoms with van der Waals surface area (Å²) in [6.45, 7) is 6.35. The number of amidine groups is 1. The van der Waals surface area contributed by atoms with Gasteiger partial charge in [0.1, 0.15) is 0 Å². The molecule has 0 unspecified atom stereocenters. The SMILES string of the molecule is CC(C)(C)c1ccc(C(=O)O/N=C(/N)c2cccs2)cc1. The highest BCUT2D eigenvalue weighted by molar-refractivity contribution is 7.12. The summed E-state index contributed by atoms with van der Waals surface area (Å²) in [5.41, 5.74) is 7.38. The third-order valence-corrected chi connectivity index (χ3v) is 3.88. The molecular weight excluding hydrogens is 284 g/mol. The van der Waals surface area contributed by atoms with Crippen LogP contribution in [-0.2, 0) is 10.3 Å². The minimum absolute atomic E-state index is 0.0458. The number of rotatable bonds is 3. The molecule has 1 heterocycles. The Morgan fingerprint density at radius 1 is 1.19 bits per heavy atom. The summed E-state index contributed by atoms with van der Waals surface area (Å²) in [4.78, 5) is 17.5. The predicted octanol–water partition coefficient (Wildman–Crippen LogP) is 3.52. The quantitative estimate of drug-likeness (QED) is 0.408. The molecule has 1 aromatic carbocycles. The first-order valence-corrected chi connectivity index (χ1v) is 7.45. The second-order valence-corrected chi connectivity index (χ2v) is 6.61. The van der Waals surface area contributed by atoms with Gasteiger partial charge in [-0.1, -0.05) is 44.1 Å². The first-order chi connectivity index (χ1) is 9.88. The summed E-state index contributed by atoms with van der Waals surface area (Å²) in [6.07, 6.45) is 0. The largest absolute Gasteiger partial charge is 0.380 e. The van der Waals surface area contributed by atoms with E-state index in [9.17, 15) is 4.79 Å². The van der Waals surface area contributed by atoms with Crippen molar-refractivity contribution in [3.05, 3.63) is 57.8 Å². The van der Waals surface area contributed by atoms with Crippen LogP contribution < -0.4 is 5.73 Å². The number of nitrogens with zero attached hydrogens (tertiary/aromatic N) is 1. The number of oxime groups is 1. The van der Waals surface area contributed by atoms with E-state index in [4.69, 9.17) is 10.6 Å².